The van der Waals surface area contributed by atoms with E-state index in [9.17, 15) is 9.59 Å². The minimum atomic E-state index is -0.617. The van der Waals surface area contributed by atoms with Crippen LogP contribution < -0.4 is 14.9 Å². The number of methoxy groups -OCH3 is 1. The molecule has 0 saturated carbocycles. The van der Waals surface area contributed by atoms with Crippen molar-refractivity contribution in [2.45, 2.75) is 13.0 Å². The number of benzene rings is 2. The standard InChI is InChI=1S/C22H16BrClN2O3S/c1-12-18(21(28)29-2)19(14-5-7-15(23)8-6-14)26-20(27)17(30-22(26)25-12)11-13-3-9-16(24)10-4-13/h3-11,19H,1-2H3/b17-11+. The molecule has 8 heteroatoms. The van der Waals surface area contributed by atoms with Crippen molar-refractivity contribution in [2.24, 2.45) is 4.99 Å². The number of hydrogen-bond acceptors (Lipinski definition) is 5. The fourth-order valence-corrected chi connectivity index (χ4v) is 4.80. The largest absolute Gasteiger partial charge is 0.466 e. The summed E-state index contributed by atoms with van der Waals surface area (Å²) in [5.41, 5.74) is 2.33. The molecule has 1 unspecified atom stereocenters. The lowest BCUT2D eigenvalue weighted by Gasteiger charge is -2.24. The van der Waals surface area contributed by atoms with Crippen molar-refractivity contribution in [3.05, 3.63) is 100 Å². The van der Waals surface area contributed by atoms with Gasteiger partial charge < -0.3 is 4.74 Å². The third-order valence-corrected chi connectivity index (χ3v) is 6.54. The molecule has 0 radical (unpaired) electrons. The fourth-order valence-electron chi connectivity index (χ4n) is 3.36. The molecule has 0 fully saturated rings. The average molecular weight is 504 g/mol. The zero-order valence-electron chi connectivity index (χ0n) is 16.1. The molecule has 1 atom stereocenters. The van der Waals surface area contributed by atoms with E-state index >= 15 is 0 Å². The highest BCUT2D eigenvalue weighted by atomic mass is 79.9. The monoisotopic (exact) mass is 502 g/mol. The topological polar surface area (TPSA) is 60.7 Å². The van der Waals surface area contributed by atoms with Crippen LogP contribution in [0.25, 0.3) is 6.08 Å². The van der Waals surface area contributed by atoms with Crippen molar-refractivity contribution in [3.8, 4) is 0 Å². The Morgan fingerprint density at radius 2 is 1.87 bits per heavy atom. The lowest BCUT2D eigenvalue weighted by molar-refractivity contribution is -0.136. The molecule has 4 rings (SSSR count). The van der Waals surface area contributed by atoms with E-state index in [1.807, 2.05) is 36.4 Å². The van der Waals surface area contributed by atoms with Gasteiger partial charge in [0.05, 0.1) is 29.0 Å². The number of thiazole rings is 1. The van der Waals surface area contributed by atoms with E-state index in [1.165, 1.54) is 18.4 Å². The Balaban J connectivity index is 1.96. The van der Waals surface area contributed by atoms with Crippen LogP contribution in [0, 0.1) is 0 Å². The lowest BCUT2D eigenvalue weighted by Crippen LogP contribution is -2.39. The van der Waals surface area contributed by atoms with Gasteiger partial charge in [0.1, 0.15) is 0 Å². The Kier molecular flexibility index (Phi) is 5.77. The van der Waals surface area contributed by atoms with Crippen LogP contribution in [0.5, 0.6) is 0 Å². The third kappa shape index (κ3) is 3.80. The highest BCUT2D eigenvalue weighted by Gasteiger charge is 2.32. The first kappa shape index (κ1) is 20.8. The van der Waals surface area contributed by atoms with E-state index < -0.39 is 12.0 Å². The molecule has 1 aromatic heterocycles. The van der Waals surface area contributed by atoms with Crippen LogP contribution in [0.2, 0.25) is 5.02 Å². The second kappa shape index (κ2) is 8.34. The third-order valence-electron chi connectivity index (χ3n) is 4.78. The number of esters is 1. The van der Waals surface area contributed by atoms with Gasteiger partial charge in [0.15, 0.2) is 4.80 Å². The molecule has 1 aliphatic rings. The molecule has 0 aliphatic carbocycles. The van der Waals surface area contributed by atoms with E-state index in [2.05, 4.69) is 20.9 Å². The highest BCUT2D eigenvalue weighted by Crippen LogP contribution is 2.31. The molecule has 5 nitrogen and oxygen atoms in total. The predicted molar refractivity (Wildman–Crippen MR) is 121 cm³/mol. The summed E-state index contributed by atoms with van der Waals surface area (Å²) < 4.78 is 8.00. The van der Waals surface area contributed by atoms with Crippen LogP contribution in [0.15, 0.2) is 74.1 Å². The molecule has 2 heterocycles. The number of rotatable bonds is 3. The van der Waals surface area contributed by atoms with E-state index in [0.29, 0.717) is 25.6 Å². The van der Waals surface area contributed by atoms with Gasteiger partial charge in [0, 0.05) is 9.50 Å². The quantitative estimate of drug-likeness (QED) is 0.511. The molecule has 0 saturated heterocycles. The van der Waals surface area contributed by atoms with Crippen molar-refractivity contribution < 1.29 is 9.53 Å². The first-order valence-electron chi connectivity index (χ1n) is 9.01. The summed E-state index contributed by atoms with van der Waals surface area (Å²) in [5, 5.41) is 0.627. The minimum absolute atomic E-state index is 0.212. The Labute approximate surface area is 189 Å². The van der Waals surface area contributed by atoms with Gasteiger partial charge in [-0.1, -0.05) is 63.1 Å². The van der Waals surface area contributed by atoms with Gasteiger partial charge in [-0.15, -0.1) is 0 Å². The number of carbonyl (C=O) groups is 1. The number of carbonyl (C=O) groups excluding carboxylic acids is 1. The minimum Gasteiger partial charge on any atom is -0.466 e. The van der Waals surface area contributed by atoms with Crippen molar-refractivity contribution in [2.75, 3.05) is 7.11 Å². The van der Waals surface area contributed by atoms with E-state index in [0.717, 1.165) is 15.6 Å². The van der Waals surface area contributed by atoms with Crippen LogP contribution in [0.3, 0.4) is 0 Å². The molecule has 0 spiro atoms. The van der Waals surface area contributed by atoms with Crippen LogP contribution in [-0.2, 0) is 9.53 Å². The fraction of sp³-hybridized carbons (Fsp3) is 0.136. The van der Waals surface area contributed by atoms with Crippen molar-refractivity contribution in [3.63, 3.8) is 0 Å². The smallest absolute Gasteiger partial charge is 0.338 e. The van der Waals surface area contributed by atoms with Gasteiger partial charge in [-0.05, 0) is 48.4 Å². The Morgan fingerprint density at radius 1 is 1.20 bits per heavy atom. The van der Waals surface area contributed by atoms with Gasteiger partial charge in [0.25, 0.3) is 5.56 Å². The van der Waals surface area contributed by atoms with Gasteiger partial charge in [-0.2, -0.15) is 0 Å². The van der Waals surface area contributed by atoms with Gasteiger partial charge in [0.2, 0.25) is 0 Å². The Bertz CT molecular complexity index is 1340. The highest BCUT2D eigenvalue weighted by molar-refractivity contribution is 9.10. The summed E-state index contributed by atoms with van der Waals surface area (Å²) in [6.45, 7) is 1.76. The van der Waals surface area contributed by atoms with Gasteiger partial charge in [-0.3, -0.25) is 9.36 Å². The van der Waals surface area contributed by atoms with Gasteiger partial charge >= 0.3 is 5.97 Å². The Morgan fingerprint density at radius 3 is 2.50 bits per heavy atom. The summed E-state index contributed by atoms with van der Waals surface area (Å²) in [6, 6.07) is 14.1. The van der Waals surface area contributed by atoms with E-state index in [-0.39, 0.29) is 5.56 Å². The number of allylic oxidation sites excluding steroid dienone is 1. The van der Waals surface area contributed by atoms with Gasteiger partial charge in [-0.25, -0.2) is 9.79 Å². The van der Waals surface area contributed by atoms with Crippen molar-refractivity contribution in [1.29, 1.82) is 0 Å². The zero-order valence-corrected chi connectivity index (χ0v) is 19.2. The summed E-state index contributed by atoms with van der Waals surface area (Å²) in [6.07, 6.45) is 1.80. The number of hydrogen-bond donors (Lipinski definition) is 0. The lowest BCUT2D eigenvalue weighted by atomic mass is 9.96. The number of ether oxygens (including phenoxy) is 1. The molecule has 1 aliphatic heterocycles. The maximum Gasteiger partial charge on any atom is 0.338 e. The summed E-state index contributed by atoms with van der Waals surface area (Å²) in [5.74, 6) is -0.504. The number of aromatic nitrogens is 1. The molecule has 152 valence electrons. The molecule has 30 heavy (non-hydrogen) atoms. The SMILES string of the molecule is COC(=O)C1=C(C)N=c2s/c(=C/c3ccc(Cl)cc3)c(=O)n2C1c1ccc(Br)cc1. The van der Waals surface area contributed by atoms with Crippen molar-refractivity contribution >= 4 is 50.9 Å². The Hall–Kier alpha value is -2.48. The van der Waals surface area contributed by atoms with E-state index in [1.54, 1.807) is 29.7 Å². The number of nitrogens with zero attached hydrogens (tertiary/aromatic N) is 2. The molecule has 0 bridgehead atoms. The summed E-state index contributed by atoms with van der Waals surface area (Å²) >= 11 is 10.7. The molecular weight excluding hydrogens is 488 g/mol. The maximum absolute atomic E-state index is 13.4. The molecule has 0 amide bonds. The summed E-state index contributed by atoms with van der Waals surface area (Å²) in [7, 11) is 1.33. The summed E-state index contributed by atoms with van der Waals surface area (Å²) in [4.78, 5) is 31.0. The van der Waals surface area contributed by atoms with Crippen LogP contribution in [-0.4, -0.2) is 17.6 Å². The first-order valence-corrected chi connectivity index (χ1v) is 11.0. The van der Waals surface area contributed by atoms with Crippen LogP contribution >= 0.6 is 38.9 Å². The van der Waals surface area contributed by atoms with Crippen LogP contribution in [0.4, 0.5) is 0 Å². The normalized spacial score (nSPS) is 16.3. The molecule has 0 N–H and O–H groups in total. The van der Waals surface area contributed by atoms with Crippen LogP contribution in [0.1, 0.15) is 24.1 Å². The molecule has 2 aromatic carbocycles. The first-order chi connectivity index (χ1) is 14.4. The zero-order chi connectivity index (χ0) is 21.4. The van der Waals surface area contributed by atoms with E-state index in [4.69, 9.17) is 16.3 Å². The maximum atomic E-state index is 13.4. The number of fused-ring (bicyclic) bond motifs is 1. The second-order valence-electron chi connectivity index (χ2n) is 6.68. The molecule has 3 aromatic rings. The van der Waals surface area contributed by atoms with Crippen molar-refractivity contribution in [1.82, 2.24) is 4.57 Å². The average Bonchev–Trinajstić information content (AvgIpc) is 3.03. The number of halogens is 2. The second-order valence-corrected chi connectivity index (χ2v) is 9.04. The molecular formula is C22H16BrClN2O3S. The predicted octanol–water partition coefficient (Wildman–Crippen LogP) is 3.82.